The van der Waals surface area contributed by atoms with Gasteiger partial charge in [0, 0.05) is 0 Å². The minimum absolute atomic E-state index is 0.135. The topological polar surface area (TPSA) is 84.9 Å². The van der Waals surface area contributed by atoms with Gasteiger partial charge in [-0.15, -0.1) is 0 Å². The van der Waals surface area contributed by atoms with Gasteiger partial charge in [-0.1, -0.05) is 30.3 Å². The Balaban J connectivity index is 2.43. The number of aliphatic carboxylic acids is 1. The van der Waals surface area contributed by atoms with E-state index in [0.717, 1.165) is 5.56 Å². The highest BCUT2D eigenvalue weighted by Crippen LogP contribution is 2.07. The van der Waals surface area contributed by atoms with Crippen molar-refractivity contribution in [2.24, 2.45) is 0 Å². The molecule has 0 spiro atoms. The van der Waals surface area contributed by atoms with Crippen LogP contribution in [0.25, 0.3) is 0 Å². The summed E-state index contributed by atoms with van der Waals surface area (Å²) >= 11 is 0. The SMILES string of the molecule is CC(C)(C)OC(=O)NC(COCc1ccccc1)C(=O)O. The highest BCUT2D eigenvalue weighted by molar-refractivity contribution is 5.80. The van der Waals surface area contributed by atoms with Gasteiger partial charge in [0.2, 0.25) is 0 Å². The fraction of sp³-hybridized carbons (Fsp3) is 0.467. The second-order valence-electron chi connectivity index (χ2n) is 5.54. The average molecular weight is 295 g/mol. The van der Waals surface area contributed by atoms with Gasteiger partial charge in [-0.3, -0.25) is 0 Å². The maximum Gasteiger partial charge on any atom is 0.408 e. The number of carboxylic acid groups (broad SMARTS) is 1. The van der Waals surface area contributed by atoms with Gasteiger partial charge >= 0.3 is 12.1 Å². The summed E-state index contributed by atoms with van der Waals surface area (Å²) in [6, 6.07) is 8.21. The lowest BCUT2D eigenvalue weighted by molar-refractivity contribution is -0.141. The zero-order chi connectivity index (χ0) is 15.9. The molecule has 0 saturated heterocycles. The van der Waals surface area contributed by atoms with Crippen LogP contribution >= 0.6 is 0 Å². The van der Waals surface area contributed by atoms with Crippen molar-refractivity contribution in [3.8, 4) is 0 Å². The third kappa shape index (κ3) is 7.31. The first-order valence-electron chi connectivity index (χ1n) is 6.62. The van der Waals surface area contributed by atoms with E-state index in [-0.39, 0.29) is 13.2 Å². The van der Waals surface area contributed by atoms with Gasteiger partial charge in [-0.05, 0) is 26.3 Å². The number of carbonyl (C=O) groups is 2. The van der Waals surface area contributed by atoms with E-state index in [4.69, 9.17) is 14.6 Å². The molecule has 1 aromatic rings. The van der Waals surface area contributed by atoms with Gasteiger partial charge in [0.25, 0.3) is 0 Å². The number of carbonyl (C=O) groups excluding carboxylic acids is 1. The van der Waals surface area contributed by atoms with E-state index in [1.54, 1.807) is 20.8 Å². The predicted octanol–water partition coefficient (Wildman–Crippen LogP) is 2.18. The lowest BCUT2D eigenvalue weighted by Gasteiger charge is -2.22. The highest BCUT2D eigenvalue weighted by Gasteiger charge is 2.24. The molecule has 2 N–H and O–H groups in total. The van der Waals surface area contributed by atoms with Crippen molar-refractivity contribution in [1.82, 2.24) is 5.32 Å². The zero-order valence-corrected chi connectivity index (χ0v) is 12.5. The second kappa shape index (κ2) is 7.64. The standard InChI is InChI=1S/C15H21NO5/c1-15(2,3)21-14(19)16-12(13(17)18)10-20-9-11-7-5-4-6-8-11/h4-8,12H,9-10H2,1-3H3,(H,16,19)(H,17,18). The minimum atomic E-state index is -1.17. The van der Waals surface area contributed by atoms with Crippen LogP contribution in [0.2, 0.25) is 0 Å². The van der Waals surface area contributed by atoms with Crippen LogP contribution in [0, 0.1) is 0 Å². The van der Waals surface area contributed by atoms with E-state index in [2.05, 4.69) is 5.32 Å². The van der Waals surface area contributed by atoms with E-state index in [1.807, 2.05) is 30.3 Å². The quantitative estimate of drug-likeness (QED) is 0.840. The number of amides is 1. The smallest absolute Gasteiger partial charge is 0.408 e. The number of nitrogens with one attached hydrogen (secondary N) is 1. The van der Waals surface area contributed by atoms with Crippen LogP contribution in [0.5, 0.6) is 0 Å². The molecule has 1 unspecified atom stereocenters. The molecule has 1 aromatic carbocycles. The third-order valence-electron chi connectivity index (χ3n) is 2.39. The molecule has 0 heterocycles. The van der Waals surface area contributed by atoms with E-state index in [9.17, 15) is 9.59 Å². The Kier molecular flexibility index (Phi) is 6.17. The van der Waals surface area contributed by atoms with Crippen LogP contribution in [0.4, 0.5) is 4.79 Å². The zero-order valence-electron chi connectivity index (χ0n) is 12.5. The molecule has 0 aliphatic rings. The largest absolute Gasteiger partial charge is 0.480 e. The third-order valence-corrected chi connectivity index (χ3v) is 2.39. The first kappa shape index (κ1) is 17.0. The van der Waals surface area contributed by atoms with Crippen LogP contribution in [0.1, 0.15) is 26.3 Å². The first-order chi connectivity index (χ1) is 9.78. The molecule has 1 atom stereocenters. The summed E-state index contributed by atoms with van der Waals surface area (Å²) in [5.74, 6) is -1.17. The van der Waals surface area contributed by atoms with Crippen molar-refractivity contribution in [1.29, 1.82) is 0 Å². The van der Waals surface area contributed by atoms with Crippen LogP contribution in [0.3, 0.4) is 0 Å². The number of rotatable bonds is 6. The summed E-state index contributed by atoms with van der Waals surface area (Å²) in [4.78, 5) is 22.6. The van der Waals surface area contributed by atoms with Gasteiger partial charge in [-0.2, -0.15) is 0 Å². The summed E-state index contributed by atoms with van der Waals surface area (Å²) in [5, 5.41) is 11.3. The van der Waals surface area contributed by atoms with E-state index >= 15 is 0 Å². The van der Waals surface area contributed by atoms with Crippen molar-refractivity contribution in [3.05, 3.63) is 35.9 Å². The molecule has 0 aliphatic carbocycles. The lowest BCUT2D eigenvalue weighted by atomic mass is 10.2. The molecule has 6 nitrogen and oxygen atoms in total. The average Bonchev–Trinajstić information content (AvgIpc) is 2.36. The molecule has 0 radical (unpaired) electrons. The van der Waals surface area contributed by atoms with E-state index in [1.165, 1.54) is 0 Å². The Hall–Kier alpha value is -2.08. The van der Waals surface area contributed by atoms with Crippen molar-refractivity contribution in [2.45, 2.75) is 39.0 Å². The fourth-order valence-corrected chi connectivity index (χ4v) is 1.49. The van der Waals surface area contributed by atoms with Crippen molar-refractivity contribution < 1.29 is 24.2 Å². The van der Waals surface area contributed by atoms with Crippen LogP contribution in [-0.2, 0) is 20.9 Å². The normalized spacial score (nSPS) is 12.5. The Bertz CT molecular complexity index is 467. The van der Waals surface area contributed by atoms with Gasteiger partial charge < -0.3 is 19.9 Å². The number of carboxylic acids is 1. The van der Waals surface area contributed by atoms with Gasteiger partial charge in [0.15, 0.2) is 6.04 Å². The van der Waals surface area contributed by atoms with Crippen LogP contribution < -0.4 is 5.32 Å². The number of ether oxygens (including phenoxy) is 2. The molecular formula is C15H21NO5. The van der Waals surface area contributed by atoms with Crippen molar-refractivity contribution in [2.75, 3.05) is 6.61 Å². The summed E-state index contributed by atoms with van der Waals surface area (Å²) < 4.78 is 10.3. The number of hydrogen-bond acceptors (Lipinski definition) is 4. The van der Waals surface area contributed by atoms with Gasteiger partial charge in [0.05, 0.1) is 13.2 Å². The summed E-state index contributed by atoms with van der Waals surface area (Å²) in [6.45, 7) is 5.25. The van der Waals surface area contributed by atoms with Gasteiger partial charge in [-0.25, -0.2) is 9.59 Å². The number of hydrogen-bond donors (Lipinski definition) is 2. The summed E-state index contributed by atoms with van der Waals surface area (Å²) in [5.41, 5.74) is 0.247. The van der Waals surface area contributed by atoms with Crippen molar-refractivity contribution >= 4 is 12.1 Å². The molecule has 21 heavy (non-hydrogen) atoms. The number of benzene rings is 1. The molecule has 1 rings (SSSR count). The fourth-order valence-electron chi connectivity index (χ4n) is 1.49. The van der Waals surface area contributed by atoms with Crippen LogP contribution in [-0.4, -0.2) is 35.4 Å². The molecule has 0 aromatic heterocycles. The molecule has 6 heteroatoms. The van der Waals surface area contributed by atoms with E-state index < -0.39 is 23.7 Å². The number of alkyl carbamates (subject to hydrolysis) is 1. The Labute approximate surface area is 124 Å². The van der Waals surface area contributed by atoms with Crippen LogP contribution in [0.15, 0.2) is 30.3 Å². The molecule has 0 bridgehead atoms. The Morgan fingerprint density at radius 3 is 2.38 bits per heavy atom. The molecule has 0 aliphatic heterocycles. The molecule has 1 amide bonds. The summed E-state index contributed by atoms with van der Waals surface area (Å²) in [6.07, 6.45) is -0.779. The lowest BCUT2D eigenvalue weighted by Crippen LogP contribution is -2.46. The highest BCUT2D eigenvalue weighted by atomic mass is 16.6. The second-order valence-corrected chi connectivity index (χ2v) is 5.54. The Morgan fingerprint density at radius 1 is 1.24 bits per heavy atom. The molecule has 0 fully saturated rings. The first-order valence-corrected chi connectivity index (χ1v) is 6.62. The monoisotopic (exact) mass is 295 g/mol. The maximum absolute atomic E-state index is 11.6. The molecular weight excluding hydrogens is 274 g/mol. The Morgan fingerprint density at radius 2 is 1.86 bits per heavy atom. The minimum Gasteiger partial charge on any atom is -0.480 e. The predicted molar refractivity (Wildman–Crippen MR) is 76.9 cm³/mol. The summed E-state index contributed by atoms with van der Waals surface area (Å²) in [7, 11) is 0. The molecule has 0 saturated carbocycles. The van der Waals surface area contributed by atoms with Gasteiger partial charge in [0.1, 0.15) is 5.60 Å². The van der Waals surface area contributed by atoms with E-state index in [0.29, 0.717) is 0 Å². The van der Waals surface area contributed by atoms with Crippen molar-refractivity contribution in [3.63, 3.8) is 0 Å². The maximum atomic E-state index is 11.6. The molecule has 116 valence electrons.